The normalized spacial score (nSPS) is 17.4. The van der Waals surface area contributed by atoms with Crippen molar-refractivity contribution in [2.24, 2.45) is 10.1 Å². The molecular weight excluding hydrogens is 310 g/mol. The second-order valence-electron chi connectivity index (χ2n) is 4.01. The zero-order valence-electron chi connectivity index (χ0n) is 10.3. The molecule has 96 valence electrons. The minimum atomic E-state index is 0.869. The number of hydrogen-bond acceptors (Lipinski definition) is 3. The Hall–Kier alpha value is -0.810. The van der Waals surface area contributed by atoms with Crippen molar-refractivity contribution in [3.05, 3.63) is 34.3 Å². The van der Waals surface area contributed by atoms with Gasteiger partial charge in [-0.1, -0.05) is 53.2 Å². The number of hydrazone groups is 1. The molecule has 1 aromatic carbocycles. The summed E-state index contributed by atoms with van der Waals surface area (Å²) in [5.41, 5.74) is 5.25. The number of halogens is 1. The van der Waals surface area contributed by atoms with Gasteiger partial charge in [0, 0.05) is 16.8 Å². The molecular formula is C13H16BrN3S. The fraction of sp³-hybridized carbons (Fsp3) is 0.385. The van der Waals surface area contributed by atoms with E-state index in [0.717, 1.165) is 39.6 Å². The topological polar surface area (TPSA) is 36.8 Å². The highest BCUT2D eigenvalue weighted by Crippen LogP contribution is 2.17. The number of aliphatic imine (C=N–C) groups is 1. The number of nitrogens with one attached hydrogen (secondary N) is 1. The molecule has 0 amide bonds. The highest BCUT2D eigenvalue weighted by Gasteiger charge is 2.12. The Bertz CT molecular complexity index is 471. The summed E-state index contributed by atoms with van der Waals surface area (Å²) in [5, 5.41) is 5.33. The number of rotatable bonds is 4. The van der Waals surface area contributed by atoms with Crippen molar-refractivity contribution in [3.63, 3.8) is 0 Å². The van der Waals surface area contributed by atoms with Crippen molar-refractivity contribution in [1.29, 1.82) is 0 Å². The first-order valence-electron chi connectivity index (χ1n) is 6.05. The molecule has 2 rings (SSSR count). The van der Waals surface area contributed by atoms with Gasteiger partial charge in [-0.15, -0.1) is 0 Å². The van der Waals surface area contributed by atoms with E-state index in [0.29, 0.717) is 0 Å². The molecule has 0 aliphatic carbocycles. The predicted molar refractivity (Wildman–Crippen MR) is 83.5 cm³/mol. The minimum absolute atomic E-state index is 0.869. The first kappa shape index (κ1) is 13.6. The van der Waals surface area contributed by atoms with Crippen molar-refractivity contribution < 1.29 is 0 Å². The molecule has 1 aliphatic heterocycles. The second kappa shape index (κ2) is 6.95. The van der Waals surface area contributed by atoms with Crippen LogP contribution < -0.4 is 5.43 Å². The van der Waals surface area contributed by atoms with Crippen LogP contribution in [0.5, 0.6) is 0 Å². The third-order valence-electron chi connectivity index (χ3n) is 2.56. The summed E-state index contributed by atoms with van der Waals surface area (Å²) >= 11 is 5.19. The van der Waals surface area contributed by atoms with E-state index >= 15 is 0 Å². The first-order chi connectivity index (χ1) is 8.79. The summed E-state index contributed by atoms with van der Waals surface area (Å²) in [6.07, 6.45) is 2.31. The Morgan fingerprint density at radius 2 is 2.39 bits per heavy atom. The van der Waals surface area contributed by atoms with E-state index in [1.807, 2.05) is 12.1 Å². The summed E-state index contributed by atoms with van der Waals surface area (Å²) in [6, 6.07) is 8.20. The average molecular weight is 326 g/mol. The number of benzene rings is 1. The lowest BCUT2D eigenvalue weighted by atomic mass is 10.1. The van der Waals surface area contributed by atoms with Crippen LogP contribution in [0.15, 0.2) is 38.8 Å². The standard InChI is InChI=1S/C13H16BrN3S/c1-2-3-7-15-13-17-16-12(9-18-13)10-5-4-6-11(14)8-10/h4-6,8H,2-3,7,9H2,1H3,(H,15,17). The van der Waals surface area contributed by atoms with Gasteiger partial charge in [-0.25, -0.2) is 0 Å². The second-order valence-corrected chi connectivity index (χ2v) is 5.89. The van der Waals surface area contributed by atoms with Crippen LogP contribution in [0.25, 0.3) is 0 Å². The van der Waals surface area contributed by atoms with Crippen LogP contribution >= 0.6 is 27.7 Å². The predicted octanol–water partition coefficient (Wildman–Crippen LogP) is 3.65. The molecule has 3 nitrogen and oxygen atoms in total. The van der Waals surface area contributed by atoms with E-state index in [2.05, 4.69) is 50.5 Å². The Labute approximate surface area is 120 Å². The number of amidine groups is 1. The summed E-state index contributed by atoms with van der Waals surface area (Å²) in [5.74, 6) is 0.869. The molecule has 0 aromatic heterocycles. The van der Waals surface area contributed by atoms with E-state index in [1.165, 1.54) is 6.42 Å². The molecule has 1 N–H and O–H groups in total. The maximum absolute atomic E-state index is 4.47. The lowest BCUT2D eigenvalue weighted by Crippen LogP contribution is -2.25. The van der Waals surface area contributed by atoms with Gasteiger partial charge in [0.1, 0.15) is 0 Å². The molecule has 5 heteroatoms. The van der Waals surface area contributed by atoms with Crippen LogP contribution in [0, 0.1) is 0 Å². The van der Waals surface area contributed by atoms with E-state index in [1.54, 1.807) is 11.8 Å². The number of hydrogen-bond donors (Lipinski definition) is 1. The maximum atomic E-state index is 4.47. The highest BCUT2D eigenvalue weighted by molar-refractivity contribution is 9.10. The molecule has 0 saturated heterocycles. The van der Waals surface area contributed by atoms with E-state index in [9.17, 15) is 0 Å². The van der Waals surface area contributed by atoms with Crippen molar-refractivity contribution >= 4 is 38.6 Å². The van der Waals surface area contributed by atoms with Gasteiger partial charge in [0.25, 0.3) is 0 Å². The molecule has 0 unspecified atom stereocenters. The lowest BCUT2D eigenvalue weighted by molar-refractivity contribution is 0.804. The fourth-order valence-corrected chi connectivity index (χ4v) is 2.75. The molecule has 0 spiro atoms. The van der Waals surface area contributed by atoms with Gasteiger partial charge in [-0.05, 0) is 24.1 Å². The monoisotopic (exact) mass is 325 g/mol. The number of thioether (sulfide) groups is 1. The zero-order valence-corrected chi connectivity index (χ0v) is 12.7. The SMILES string of the molecule is CCCCN=C1NN=C(c2cccc(Br)c2)CS1. The molecule has 1 aromatic rings. The average Bonchev–Trinajstić information content (AvgIpc) is 2.40. The van der Waals surface area contributed by atoms with Crippen LogP contribution in [-0.2, 0) is 0 Å². The third-order valence-corrected chi connectivity index (χ3v) is 3.96. The van der Waals surface area contributed by atoms with Crippen LogP contribution in [0.1, 0.15) is 25.3 Å². The number of nitrogens with zero attached hydrogens (tertiary/aromatic N) is 2. The van der Waals surface area contributed by atoms with Gasteiger partial charge in [0.15, 0.2) is 5.17 Å². The van der Waals surface area contributed by atoms with E-state index in [-0.39, 0.29) is 0 Å². The van der Waals surface area contributed by atoms with E-state index < -0.39 is 0 Å². The van der Waals surface area contributed by atoms with E-state index in [4.69, 9.17) is 0 Å². The molecule has 0 atom stereocenters. The van der Waals surface area contributed by atoms with Crippen molar-refractivity contribution in [2.45, 2.75) is 19.8 Å². The third kappa shape index (κ3) is 3.85. The molecule has 1 heterocycles. The van der Waals surface area contributed by atoms with Crippen LogP contribution in [-0.4, -0.2) is 23.2 Å². The van der Waals surface area contributed by atoms with Gasteiger partial charge in [0.05, 0.1) is 5.71 Å². The minimum Gasteiger partial charge on any atom is -0.261 e. The summed E-state index contributed by atoms with van der Waals surface area (Å²) < 4.78 is 1.08. The van der Waals surface area contributed by atoms with Crippen molar-refractivity contribution in [3.8, 4) is 0 Å². The van der Waals surface area contributed by atoms with Crippen LogP contribution in [0.4, 0.5) is 0 Å². The lowest BCUT2D eigenvalue weighted by Gasteiger charge is -2.14. The Morgan fingerprint density at radius 1 is 1.50 bits per heavy atom. The van der Waals surface area contributed by atoms with Gasteiger partial charge < -0.3 is 0 Å². The molecule has 0 bridgehead atoms. The molecule has 0 radical (unpaired) electrons. The number of unbranched alkanes of at least 4 members (excludes halogenated alkanes) is 1. The Kier molecular flexibility index (Phi) is 5.26. The van der Waals surface area contributed by atoms with Gasteiger partial charge >= 0.3 is 0 Å². The van der Waals surface area contributed by atoms with Crippen molar-refractivity contribution in [1.82, 2.24) is 5.43 Å². The Morgan fingerprint density at radius 3 is 3.06 bits per heavy atom. The maximum Gasteiger partial charge on any atom is 0.177 e. The molecule has 1 aliphatic rings. The highest BCUT2D eigenvalue weighted by atomic mass is 79.9. The molecule has 0 saturated carbocycles. The van der Waals surface area contributed by atoms with Gasteiger partial charge in [-0.3, -0.25) is 10.4 Å². The summed E-state index contributed by atoms with van der Waals surface area (Å²) in [7, 11) is 0. The van der Waals surface area contributed by atoms with Crippen LogP contribution in [0.2, 0.25) is 0 Å². The summed E-state index contributed by atoms with van der Waals surface area (Å²) in [4.78, 5) is 4.47. The van der Waals surface area contributed by atoms with Crippen LogP contribution in [0.3, 0.4) is 0 Å². The Balaban J connectivity index is 2.00. The van der Waals surface area contributed by atoms with Gasteiger partial charge in [-0.2, -0.15) is 5.10 Å². The zero-order chi connectivity index (χ0) is 12.8. The molecule has 18 heavy (non-hydrogen) atoms. The quantitative estimate of drug-likeness (QED) is 0.858. The van der Waals surface area contributed by atoms with Gasteiger partial charge in [0.2, 0.25) is 0 Å². The smallest absolute Gasteiger partial charge is 0.177 e. The fourth-order valence-electron chi connectivity index (χ4n) is 1.55. The molecule has 0 fully saturated rings. The largest absolute Gasteiger partial charge is 0.261 e. The first-order valence-corrected chi connectivity index (χ1v) is 7.83. The van der Waals surface area contributed by atoms with Crippen molar-refractivity contribution in [2.75, 3.05) is 12.3 Å². The summed E-state index contributed by atoms with van der Waals surface area (Å²) in [6.45, 7) is 3.05.